The van der Waals surface area contributed by atoms with E-state index in [-0.39, 0.29) is 30.2 Å². The standard InChI is InChI=1S/C30H26Cl2F2N2O6/c31-22-12-35-13-23(32)21(22)9-20(18-7-8-26(42-30(33)34)27(11-18)39-14-17-5-6-17)15-40-28(37)16-41-29(38)25-10-19-3-1-2-4-24(19)36-25/h1-4,7-8,10-13,17,20,30,36H,5-6,9,14-16H2/t20-/m1/s1. The summed E-state index contributed by atoms with van der Waals surface area (Å²) in [6.07, 6.45) is 5.12. The Kier molecular flexibility index (Phi) is 9.44. The second-order valence-electron chi connectivity index (χ2n) is 9.85. The fraction of sp³-hybridized carbons (Fsp3) is 0.300. The van der Waals surface area contributed by atoms with Gasteiger partial charge >= 0.3 is 18.6 Å². The minimum absolute atomic E-state index is 0.103. The van der Waals surface area contributed by atoms with Gasteiger partial charge in [0.05, 0.1) is 23.3 Å². The van der Waals surface area contributed by atoms with Crippen LogP contribution in [0.5, 0.6) is 11.5 Å². The van der Waals surface area contributed by atoms with Gasteiger partial charge in [-0.25, -0.2) is 9.59 Å². The molecule has 0 bridgehead atoms. The first-order valence-electron chi connectivity index (χ1n) is 13.2. The van der Waals surface area contributed by atoms with Gasteiger partial charge in [-0.05, 0) is 60.6 Å². The highest BCUT2D eigenvalue weighted by Gasteiger charge is 2.25. The Morgan fingerprint density at radius 3 is 2.48 bits per heavy atom. The number of rotatable bonds is 13. The molecule has 0 unspecified atom stereocenters. The third kappa shape index (κ3) is 7.68. The van der Waals surface area contributed by atoms with Crippen LogP contribution in [0, 0.1) is 5.92 Å². The summed E-state index contributed by atoms with van der Waals surface area (Å²) >= 11 is 12.7. The number of hydrogen-bond donors (Lipinski definition) is 1. The minimum atomic E-state index is -3.03. The van der Waals surface area contributed by atoms with Crippen molar-refractivity contribution in [2.75, 3.05) is 19.8 Å². The Hall–Kier alpha value is -3.89. The summed E-state index contributed by atoms with van der Waals surface area (Å²) in [6.45, 7) is -3.44. The average molecular weight is 619 g/mol. The molecule has 4 aromatic rings. The van der Waals surface area contributed by atoms with Gasteiger partial charge in [0.2, 0.25) is 0 Å². The first-order valence-corrected chi connectivity index (χ1v) is 13.9. The molecule has 1 aliphatic rings. The van der Waals surface area contributed by atoms with Crippen LogP contribution in [0.4, 0.5) is 8.78 Å². The van der Waals surface area contributed by atoms with Gasteiger partial charge in [-0.3, -0.25) is 4.98 Å². The van der Waals surface area contributed by atoms with Gasteiger partial charge in [0.15, 0.2) is 18.1 Å². The third-order valence-electron chi connectivity index (χ3n) is 6.75. The zero-order valence-corrected chi connectivity index (χ0v) is 23.7. The molecule has 0 amide bonds. The van der Waals surface area contributed by atoms with Crippen molar-refractivity contribution in [3.8, 4) is 11.5 Å². The van der Waals surface area contributed by atoms with Gasteiger partial charge < -0.3 is 23.9 Å². The monoisotopic (exact) mass is 618 g/mol. The lowest BCUT2D eigenvalue weighted by Gasteiger charge is -2.21. The van der Waals surface area contributed by atoms with Crippen LogP contribution in [0.15, 0.2) is 60.9 Å². The van der Waals surface area contributed by atoms with Crippen molar-refractivity contribution in [1.82, 2.24) is 9.97 Å². The second kappa shape index (κ2) is 13.4. The second-order valence-corrected chi connectivity index (χ2v) is 10.7. The average Bonchev–Trinajstić information content (AvgIpc) is 3.70. The van der Waals surface area contributed by atoms with Gasteiger partial charge in [-0.2, -0.15) is 8.78 Å². The Morgan fingerprint density at radius 2 is 1.76 bits per heavy atom. The Balaban J connectivity index is 1.30. The molecule has 0 radical (unpaired) electrons. The molecule has 2 aromatic carbocycles. The van der Waals surface area contributed by atoms with Crippen molar-refractivity contribution in [3.05, 3.63) is 87.8 Å². The maximum absolute atomic E-state index is 13.0. The lowest BCUT2D eigenvalue weighted by atomic mass is 9.92. The number of halogens is 4. The number of aromatic nitrogens is 2. The lowest BCUT2D eigenvalue weighted by molar-refractivity contribution is -0.147. The normalized spacial score (nSPS) is 13.6. The topological polar surface area (TPSA) is 99.7 Å². The van der Waals surface area contributed by atoms with Crippen LogP contribution in [0.3, 0.4) is 0 Å². The molecule has 1 N–H and O–H groups in total. The maximum Gasteiger partial charge on any atom is 0.387 e. The Morgan fingerprint density at radius 1 is 1.00 bits per heavy atom. The summed E-state index contributed by atoms with van der Waals surface area (Å²) in [5, 5.41) is 1.46. The molecule has 0 saturated heterocycles. The molecule has 1 saturated carbocycles. The quantitative estimate of drug-likeness (QED) is 0.161. The molecule has 1 fully saturated rings. The van der Waals surface area contributed by atoms with Gasteiger partial charge in [0, 0.05) is 29.2 Å². The molecule has 1 aliphatic carbocycles. The maximum atomic E-state index is 13.0. The molecule has 220 valence electrons. The molecule has 42 heavy (non-hydrogen) atoms. The number of benzene rings is 2. The molecule has 2 aromatic heterocycles. The highest BCUT2D eigenvalue weighted by atomic mass is 35.5. The van der Waals surface area contributed by atoms with Gasteiger partial charge in [-0.15, -0.1) is 0 Å². The van der Waals surface area contributed by atoms with E-state index in [9.17, 15) is 18.4 Å². The molecule has 1 atom stereocenters. The summed E-state index contributed by atoms with van der Waals surface area (Å²) in [7, 11) is 0. The van der Waals surface area contributed by atoms with Crippen molar-refractivity contribution in [2.45, 2.75) is 31.8 Å². The number of alkyl halides is 2. The van der Waals surface area contributed by atoms with E-state index in [2.05, 4.69) is 14.7 Å². The number of pyridine rings is 1. The van der Waals surface area contributed by atoms with E-state index >= 15 is 0 Å². The first-order chi connectivity index (χ1) is 20.3. The minimum Gasteiger partial charge on any atom is -0.489 e. The van der Waals surface area contributed by atoms with E-state index in [1.807, 2.05) is 24.3 Å². The molecule has 2 heterocycles. The van der Waals surface area contributed by atoms with Gasteiger partial charge in [0.25, 0.3) is 0 Å². The van der Waals surface area contributed by atoms with Crippen LogP contribution in [-0.2, 0) is 20.7 Å². The summed E-state index contributed by atoms with van der Waals surface area (Å²) in [5.74, 6) is -1.60. The molecule has 0 spiro atoms. The fourth-order valence-electron chi connectivity index (χ4n) is 4.35. The smallest absolute Gasteiger partial charge is 0.387 e. The summed E-state index contributed by atoms with van der Waals surface area (Å²) in [6, 6.07) is 13.5. The molecule has 5 rings (SSSR count). The van der Waals surface area contributed by atoms with Crippen molar-refractivity contribution in [2.24, 2.45) is 5.92 Å². The number of carbonyl (C=O) groups is 2. The largest absolute Gasteiger partial charge is 0.489 e. The zero-order valence-electron chi connectivity index (χ0n) is 22.2. The number of nitrogens with zero attached hydrogens (tertiary/aromatic N) is 1. The molecule has 8 nitrogen and oxygen atoms in total. The van der Waals surface area contributed by atoms with E-state index in [4.69, 9.17) is 37.4 Å². The van der Waals surface area contributed by atoms with Crippen LogP contribution >= 0.6 is 23.2 Å². The number of fused-ring (bicyclic) bond motifs is 1. The third-order valence-corrected chi connectivity index (χ3v) is 7.40. The first kappa shape index (κ1) is 29.6. The van der Waals surface area contributed by atoms with Crippen LogP contribution in [0.25, 0.3) is 10.9 Å². The number of esters is 2. The van der Waals surface area contributed by atoms with Crippen molar-refractivity contribution >= 4 is 46.0 Å². The highest BCUT2D eigenvalue weighted by molar-refractivity contribution is 6.35. The SMILES string of the molecule is O=C(COC(=O)c1cc2ccccc2[nH]1)OC[C@@H](Cc1c(Cl)cncc1Cl)c1ccc(OC(F)F)c(OCC2CC2)c1. The van der Waals surface area contributed by atoms with Crippen molar-refractivity contribution in [1.29, 1.82) is 0 Å². The van der Waals surface area contributed by atoms with Crippen LogP contribution in [0.1, 0.15) is 40.4 Å². The summed E-state index contributed by atoms with van der Waals surface area (Å²) < 4.78 is 47.2. The molecular formula is C30H26Cl2F2N2O6. The lowest BCUT2D eigenvalue weighted by Crippen LogP contribution is -2.21. The number of ether oxygens (including phenoxy) is 4. The fourth-order valence-corrected chi connectivity index (χ4v) is 4.87. The van der Waals surface area contributed by atoms with E-state index in [1.54, 1.807) is 18.2 Å². The summed E-state index contributed by atoms with van der Waals surface area (Å²) in [5.41, 5.74) is 2.13. The highest BCUT2D eigenvalue weighted by Crippen LogP contribution is 2.37. The number of para-hydroxylation sites is 1. The number of H-pyrrole nitrogens is 1. The molecule has 12 heteroatoms. The van der Waals surface area contributed by atoms with E-state index < -0.39 is 31.1 Å². The number of aromatic amines is 1. The van der Waals surface area contributed by atoms with Crippen molar-refractivity contribution in [3.63, 3.8) is 0 Å². The van der Waals surface area contributed by atoms with E-state index in [1.165, 1.54) is 18.5 Å². The zero-order chi connectivity index (χ0) is 29.6. The number of nitrogens with one attached hydrogen (secondary N) is 1. The van der Waals surface area contributed by atoms with Gasteiger partial charge in [-0.1, -0.05) is 47.5 Å². The Bertz CT molecular complexity index is 1520. The van der Waals surface area contributed by atoms with Crippen LogP contribution < -0.4 is 9.47 Å². The number of carbonyl (C=O) groups excluding carboxylic acids is 2. The van der Waals surface area contributed by atoms with E-state index in [0.717, 1.165) is 23.7 Å². The predicted molar refractivity (Wildman–Crippen MR) is 152 cm³/mol. The molecule has 0 aliphatic heterocycles. The number of hydrogen-bond acceptors (Lipinski definition) is 7. The van der Waals surface area contributed by atoms with Crippen LogP contribution in [-0.4, -0.2) is 48.3 Å². The van der Waals surface area contributed by atoms with Crippen LogP contribution in [0.2, 0.25) is 10.0 Å². The predicted octanol–water partition coefficient (Wildman–Crippen LogP) is 6.99. The summed E-state index contributed by atoms with van der Waals surface area (Å²) in [4.78, 5) is 32.0. The van der Waals surface area contributed by atoms with E-state index in [0.29, 0.717) is 33.7 Å². The van der Waals surface area contributed by atoms with Crippen molar-refractivity contribution < 1.29 is 37.3 Å². The molecular weight excluding hydrogens is 593 g/mol. The van der Waals surface area contributed by atoms with Gasteiger partial charge in [0.1, 0.15) is 5.69 Å². The Labute approximate surface area is 249 Å².